The van der Waals surface area contributed by atoms with E-state index in [4.69, 9.17) is 22.3 Å². The van der Waals surface area contributed by atoms with Crippen molar-refractivity contribution in [3.63, 3.8) is 0 Å². The summed E-state index contributed by atoms with van der Waals surface area (Å²) in [6, 6.07) is 8.32. The van der Waals surface area contributed by atoms with Crippen molar-refractivity contribution in [1.29, 1.82) is 0 Å². The second-order valence-electron chi connectivity index (χ2n) is 5.65. The van der Waals surface area contributed by atoms with E-state index in [1.807, 2.05) is 25.1 Å². The fourth-order valence-electron chi connectivity index (χ4n) is 2.01. The van der Waals surface area contributed by atoms with E-state index in [0.29, 0.717) is 19.2 Å². The van der Waals surface area contributed by atoms with E-state index < -0.39 is 16.5 Å². The number of ether oxygens (including phenoxy) is 1. The molecule has 0 spiro atoms. The van der Waals surface area contributed by atoms with E-state index in [1.165, 1.54) is 0 Å². The predicted molar refractivity (Wildman–Crippen MR) is 99.1 cm³/mol. The summed E-state index contributed by atoms with van der Waals surface area (Å²) >= 11 is 0. The van der Waals surface area contributed by atoms with Crippen molar-refractivity contribution in [2.75, 3.05) is 13.2 Å². The summed E-state index contributed by atoms with van der Waals surface area (Å²) < 4.78 is 37.3. The summed E-state index contributed by atoms with van der Waals surface area (Å²) in [4.78, 5) is 3.27. The van der Waals surface area contributed by atoms with Crippen molar-refractivity contribution in [2.24, 2.45) is 0 Å². The van der Waals surface area contributed by atoms with Gasteiger partial charge in [-0.05, 0) is 25.1 Å². The lowest BCUT2D eigenvalue weighted by atomic mass is 10.2. The molecule has 1 unspecified atom stereocenters. The van der Waals surface area contributed by atoms with E-state index in [-0.39, 0.29) is 12.4 Å². The SMILES string of the molecule is Cc1cc2c(OCC(O)CNC(C)C)cccc2[nH]1.Cl.O=S(=O)(O)O. The molecule has 0 saturated heterocycles. The van der Waals surface area contributed by atoms with Crippen molar-refractivity contribution in [3.05, 3.63) is 30.0 Å². The van der Waals surface area contributed by atoms with Crippen molar-refractivity contribution in [2.45, 2.75) is 32.9 Å². The summed E-state index contributed by atoms with van der Waals surface area (Å²) in [5, 5.41) is 14.1. The first-order valence-corrected chi connectivity index (χ1v) is 8.78. The average molecular weight is 397 g/mol. The Morgan fingerprint density at radius 3 is 2.44 bits per heavy atom. The molecule has 0 amide bonds. The Labute approximate surface area is 153 Å². The lowest BCUT2D eigenvalue weighted by Crippen LogP contribution is -2.35. The Balaban J connectivity index is 0.000000848. The van der Waals surface area contributed by atoms with Crippen LogP contribution in [0.4, 0.5) is 0 Å². The van der Waals surface area contributed by atoms with Gasteiger partial charge in [-0.2, -0.15) is 8.42 Å². The first kappa shape index (κ1) is 23.6. The fourth-order valence-corrected chi connectivity index (χ4v) is 2.01. The largest absolute Gasteiger partial charge is 0.490 e. The molecule has 0 fully saturated rings. The predicted octanol–water partition coefficient (Wildman–Crippen LogP) is 1.98. The van der Waals surface area contributed by atoms with Gasteiger partial charge >= 0.3 is 10.4 Å². The molecule has 8 nitrogen and oxygen atoms in total. The van der Waals surface area contributed by atoms with Gasteiger partial charge in [0, 0.05) is 29.2 Å². The third-order valence-corrected chi connectivity index (χ3v) is 2.95. The Hall–Kier alpha value is -1.36. The van der Waals surface area contributed by atoms with Gasteiger partial charge in [0.25, 0.3) is 0 Å². The number of hydrogen-bond donors (Lipinski definition) is 5. The molecule has 1 heterocycles. The molecule has 0 aliphatic heterocycles. The minimum atomic E-state index is -4.67. The third-order valence-electron chi connectivity index (χ3n) is 2.95. The zero-order valence-corrected chi connectivity index (χ0v) is 15.9. The van der Waals surface area contributed by atoms with Crippen LogP contribution in [0.25, 0.3) is 10.9 Å². The number of rotatable bonds is 6. The molecule has 0 bridgehead atoms. The van der Waals surface area contributed by atoms with Gasteiger partial charge in [0.05, 0.1) is 0 Å². The van der Waals surface area contributed by atoms with E-state index in [9.17, 15) is 5.11 Å². The molecule has 2 rings (SSSR count). The van der Waals surface area contributed by atoms with Crippen LogP contribution in [0.5, 0.6) is 5.75 Å². The molecule has 0 aliphatic carbocycles. The number of benzene rings is 1. The number of aromatic amines is 1. The van der Waals surface area contributed by atoms with E-state index >= 15 is 0 Å². The number of aliphatic hydroxyl groups is 1. The molecule has 25 heavy (non-hydrogen) atoms. The summed E-state index contributed by atoms with van der Waals surface area (Å²) in [6.07, 6.45) is -0.502. The van der Waals surface area contributed by atoms with Crippen molar-refractivity contribution < 1.29 is 27.4 Å². The number of H-pyrrole nitrogens is 1. The van der Waals surface area contributed by atoms with Gasteiger partial charge in [0.15, 0.2) is 0 Å². The van der Waals surface area contributed by atoms with Crippen LogP contribution in [-0.2, 0) is 10.4 Å². The number of aliphatic hydroxyl groups excluding tert-OH is 1. The number of hydrogen-bond acceptors (Lipinski definition) is 5. The van der Waals surface area contributed by atoms with Gasteiger partial charge < -0.3 is 20.1 Å². The summed E-state index contributed by atoms with van der Waals surface area (Å²) in [5.41, 5.74) is 2.16. The molecule has 1 aromatic heterocycles. The third kappa shape index (κ3) is 10.3. The molecule has 5 N–H and O–H groups in total. The summed E-state index contributed by atoms with van der Waals surface area (Å²) in [7, 11) is -4.67. The van der Waals surface area contributed by atoms with E-state index in [2.05, 4.69) is 30.2 Å². The molecule has 1 aromatic carbocycles. The Bertz CT molecular complexity index is 740. The van der Waals surface area contributed by atoms with Crippen molar-refractivity contribution in [1.82, 2.24) is 10.3 Å². The van der Waals surface area contributed by atoms with Gasteiger partial charge in [0.1, 0.15) is 18.5 Å². The maximum atomic E-state index is 9.84. The molecule has 0 radical (unpaired) electrons. The van der Waals surface area contributed by atoms with Crippen LogP contribution in [0, 0.1) is 6.92 Å². The highest BCUT2D eigenvalue weighted by atomic mass is 35.5. The molecular formula is C15H25ClN2O6S. The first-order chi connectivity index (χ1) is 11.1. The number of aryl methyl sites for hydroxylation is 1. The Kier molecular flexibility index (Phi) is 10.0. The van der Waals surface area contributed by atoms with Crippen LogP contribution in [0.1, 0.15) is 19.5 Å². The van der Waals surface area contributed by atoms with Gasteiger partial charge in [-0.25, -0.2) is 0 Å². The molecule has 10 heteroatoms. The zero-order valence-electron chi connectivity index (χ0n) is 14.3. The molecule has 2 aromatic rings. The smallest absolute Gasteiger partial charge is 0.394 e. The molecule has 0 aliphatic rings. The van der Waals surface area contributed by atoms with Crippen LogP contribution < -0.4 is 10.1 Å². The maximum absolute atomic E-state index is 9.84. The van der Waals surface area contributed by atoms with Crippen LogP contribution in [-0.4, -0.2) is 52.9 Å². The highest BCUT2D eigenvalue weighted by molar-refractivity contribution is 7.79. The average Bonchev–Trinajstić information content (AvgIpc) is 2.81. The van der Waals surface area contributed by atoms with Crippen molar-refractivity contribution in [3.8, 4) is 5.75 Å². The highest BCUT2D eigenvalue weighted by Gasteiger charge is 2.09. The quantitative estimate of drug-likeness (QED) is 0.471. The minimum absolute atomic E-state index is 0. The van der Waals surface area contributed by atoms with Crippen LogP contribution >= 0.6 is 12.4 Å². The lowest BCUT2D eigenvalue weighted by Gasteiger charge is -2.15. The van der Waals surface area contributed by atoms with Gasteiger partial charge in [0.2, 0.25) is 0 Å². The number of aromatic nitrogens is 1. The first-order valence-electron chi connectivity index (χ1n) is 7.38. The van der Waals surface area contributed by atoms with E-state index in [0.717, 1.165) is 22.3 Å². The summed E-state index contributed by atoms with van der Waals surface area (Å²) in [6.45, 7) is 6.96. The molecule has 0 saturated carbocycles. The van der Waals surface area contributed by atoms with Crippen molar-refractivity contribution >= 4 is 33.7 Å². The molecule has 144 valence electrons. The number of fused-ring (bicyclic) bond motifs is 1. The second kappa shape index (κ2) is 10.6. The standard InChI is InChI=1S/C15H22N2O2.ClH.H2O4S/c1-10(2)16-8-12(18)9-19-15-6-4-5-14-13(15)7-11(3)17-14;;1-5(2,3)4/h4-7,10,12,16-18H,8-9H2,1-3H3;1H;(H2,1,2,3,4). The van der Waals surface area contributed by atoms with Crippen LogP contribution in [0.15, 0.2) is 24.3 Å². The summed E-state index contributed by atoms with van der Waals surface area (Å²) in [5.74, 6) is 0.811. The maximum Gasteiger partial charge on any atom is 0.394 e. The second-order valence-corrected chi connectivity index (χ2v) is 6.54. The van der Waals surface area contributed by atoms with Crippen LogP contribution in [0.3, 0.4) is 0 Å². The minimum Gasteiger partial charge on any atom is -0.490 e. The lowest BCUT2D eigenvalue weighted by molar-refractivity contribution is 0.105. The zero-order chi connectivity index (χ0) is 18.3. The Morgan fingerprint density at radius 1 is 1.28 bits per heavy atom. The highest BCUT2D eigenvalue weighted by Crippen LogP contribution is 2.26. The van der Waals surface area contributed by atoms with Crippen LogP contribution in [0.2, 0.25) is 0 Å². The van der Waals surface area contributed by atoms with Gasteiger partial charge in [-0.15, -0.1) is 12.4 Å². The molecule has 1 atom stereocenters. The topological polar surface area (TPSA) is 132 Å². The Morgan fingerprint density at radius 2 is 1.88 bits per heavy atom. The van der Waals surface area contributed by atoms with Gasteiger partial charge in [-0.1, -0.05) is 19.9 Å². The number of nitrogens with one attached hydrogen (secondary N) is 2. The van der Waals surface area contributed by atoms with Gasteiger partial charge in [-0.3, -0.25) is 9.11 Å². The number of halogens is 1. The molecular weight excluding hydrogens is 372 g/mol. The monoisotopic (exact) mass is 396 g/mol. The van der Waals surface area contributed by atoms with E-state index in [1.54, 1.807) is 0 Å². The normalized spacial score (nSPS) is 12.3. The fraction of sp³-hybridized carbons (Fsp3) is 0.467.